The first kappa shape index (κ1) is 19.1. The maximum Gasteiger partial charge on any atom is 0.322 e. The summed E-state index contributed by atoms with van der Waals surface area (Å²) in [7, 11) is 0. The second-order valence-corrected chi connectivity index (χ2v) is 8.98. The largest absolute Gasteiger partial charge is 0.338 e. The third-order valence-electron chi connectivity index (χ3n) is 5.86. The Morgan fingerprint density at radius 2 is 1.93 bits per heavy atom. The number of carbonyl (C=O) groups excluding carboxylic acids is 2. The molecule has 30 heavy (non-hydrogen) atoms. The van der Waals surface area contributed by atoms with E-state index in [1.54, 1.807) is 11.3 Å². The average Bonchev–Trinajstić information content (AvgIpc) is 3.48. The molecule has 0 bridgehead atoms. The van der Waals surface area contributed by atoms with Crippen molar-refractivity contribution in [2.45, 2.75) is 38.3 Å². The molecule has 7 heteroatoms. The van der Waals surface area contributed by atoms with Crippen LogP contribution in [-0.4, -0.2) is 39.8 Å². The maximum atomic E-state index is 13.0. The maximum absolute atomic E-state index is 13.0. The van der Waals surface area contributed by atoms with Gasteiger partial charge in [-0.1, -0.05) is 24.3 Å². The Bertz CT molecular complexity index is 1050. The summed E-state index contributed by atoms with van der Waals surface area (Å²) in [5.41, 5.74) is 2.85. The molecular formula is C23H24N4O2S. The van der Waals surface area contributed by atoms with E-state index in [1.807, 2.05) is 52.3 Å². The lowest BCUT2D eigenvalue weighted by Gasteiger charge is -2.23. The molecule has 2 aliphatic heterocycles. The summed E-state index contributed by atoms with van der Waals surface area (Å²) in [6, 6.07) is 15.8. The van der Waals surface area contributed by atoms with Gasteiger partial charge in [-0.2, -0.15) is 0 Å². The zero-order valence-corrected chi connectivity index (χ0v) is 17.5. The van der Waals surface area contributed by atoms with E-state index in [0.29, 0.717) is 13.0 Å². The average molecular weight is 421 g/mol. The van der Waals surface area contributed by atoms with Crippen molar-refractivity contribution >= 4 is 39.2 Å². The van der Waals surface area contributed by atoms with Crippen molar-refractivity contribution in [3.05, 3.63) is 59.1 Å². The van der Waals surface area contributed by atoms with Crippen molar-refractivity contribution in [3.8, 4) is 0 Å². The zero-order valence-electron chi connectivity index (χ0n) is 16.7. The molecule has 2 aliphatic rings. The molecule has 1 unspecified atom stereocenters. The first-order chi connectivity index (χ1) is 14.7. The molecule has 0 aliphatic carbocycles. The number of para-hydroxylation sites is 1. The number of rotatable bonds is 4. The van der Waals surface area contributed by atoms with Gasteiger partial charge in [-0.15, -0.1) is 11.3 Å². The Hall–Kier alpha value is -2.93. The number of nitrogens with zero attached hydrogens (tertiary/aromatic N) is 3. The highest BCUT2D eigenvalue weighted by Crippen LogP contribution is 2.36. The van der Waals surface area contributed by atoms with Gasteiger partial charge < -0.3 is 15.1 Å². The van der Waals surface area contributed by atoms with Gasteiger partial charge >= 0.3 is 6.03 Å². The third kappa shape index (κ3) is 3.77. The molecule has 5 rings (SSSR count). The number of anilines is 1. The number of thiazole rings is 1. The number of benzene rings is 2. The van der Waals surface area contributed by atoms with Crippen LogP contribution in [0.15, 0.2) is 48.5 Å². The summed E-state index contributed by atoms with van der Waals surface area (Å²) in [5.74, 6) is 0.224. The number of hydrogen-bond acceptors (Lipinski definition) is 4. The molecule has 6 nitrogen and oxygen atoms in total. The molecule has 2 fully saturated rings. The van der Waals surface area contributed by atoms with Crippen LogP contribution in [0.3, 0.4) is 0 Å². The Labute approximate surface area is 179 Å². The predicted molar refractivity (Wildman–Crippen MR) is 118 cm³/mol. The van der Waals surface area contributed by atoms with Crippen LogP contribution in [0.5, 0.6) is 0 Å². The summed E-state index contributed by atoms with van der Waals surface area (Å²) in [4.78, 5) is 33.3. The number of amides is 3. The molecule has 1 aromatic heterocycles. The quantitative estimate of drug-likeness (QED) is 0.660. The van der Waals surface area contributed by atoms with Crippen LogP contribution in [0.1, 0.15) is 42.3 Å². The van der Waals surface area contributed by atoms with Crippen molar-refractivity contribution in [2.75, 3.05) is 18.4 Å². The van der Waals surface area contributed by atoms with E-state index < -0.39 is 0 Å². The second kappa shape index (κ2) is 8.07. The number of aromatic nitrogens is 1. The molecule has 0 spiro atoms. The van der Waals surface area contributed by atoms with E-state index >= 15 is 0 Å². The number of likely N-dealkylation sites (tertiary alicyclic amines) is 2. The number of carbonyl (C=O) groups is 2. The van der Waals surface area contributed by atoms with Crippen molar-refractivity contribution in [2.24, 2.45) is 0 Å². The minimum Gasteiger partial charge on any atom is -0.338 e. The van der Waals surface area contributed by atoms with E-state index in [0.717, 1.165) is 58.8 Å². The van der Waals surface area contributed by atoms with Gasteiger partial charge in [0.15, 0.2) is 0 Å². The van der Waals surface area contributed by atoms with E-state index in [-0.39, 0.29) is 18.0 Å². The van der Waals surface area contributed by atoms with Gasteiger partial charge in [-0.3, -0.25) is 4.79 Å². The van der Waals surface area contributed by atoms with Crippen LogP contribution in [0.2, 0.25) is 0 Å². The van der Waals surface area contributed by atoms with Crippen molar-refractivity contribution in [3.63, 3.8) is 0 Å². The monoisotopic (exact) mass is 420 g/mol. The lowest BCUT2D eigenvalue weighted by atomic mass is 10.2. The number of fused-ring (bicyclic) bond motifs is 1. The number of hydrogen-bond donors (Lipinski definition) is 1. The van der Waals surface area contributed by atoms with E-state index in [9.17, 15) is 9.59 Å². The predicted octanol–water partition coefficient (Wildman–Crippen LogP) is 4.79. The van der Waals surface area contributed by atoms with Crippen LogP contribution in [0, 0.1) is 0 Å². The Kier molecular flexibility index (Phi) is 5.12. The lowest BCUT2D eigenvalue weighted by Crippen LogP contribution is -2.34. The van der Waals surface area contributed by atoms with Gasteiger partial charge in [0.05, 0.1) is 16.3 Å². The highest BCUT2D eigenvalue weighted by Gasteiger charge is 2.32. The van der Waals surface area contributed by atoms with Gasteiger partial charge in [0, 0.05) is 31.7 Å². The van der Waals surface area contributed by atoms with Crippen LogP contribution >= 0.6 is 11.3 Å². The summed E-state index contributed by atoms with van der Waals surface area (Å²) < 4.78 is 1.16. The Morgan fingerprint density at radius 1 is 1.10 bits per heavy atom. The van der Waals surface area contributed by atoms with Gasteiger partial charge in [-0.05, 0) is 49.1 Å². The molecule has 3 amide bonds. The summed E-state index contributed by atoms with van der Waals surface area (Å²) >= 11 is 1.67. The van der Waals surface area contributed by atoms with Crippen LogP contribution in [0.4, 0.5) is 10.5 Å². The van der Waals surface area contributed by atoms with Crippen LogP contribution in [-0.2, 0) is 11.3 Å². The SMILES string of the molecule is O=C1CCCN1Cc1ccc(NC(=O)N2CCCC2c2nc3ccccc3s2)cc1. The summed E-state index contributed by atoms with van der Waals surface area (Å²) in [6.45, 7) is 2.21. The lowest BCUT2D eigenvalue weighted by molar-refractivity contribution is -0.128. The van der Waals surface area contributed by atoms with Gasteiger partial charge in [-0.25, -0.2) is 9.78 Å². The molecule has 3 aromatic rings. The minimum absolute atomic E-state index is 0.0304. The Balaban J connectivity index is 1.25. The molecular weight excluding hydrogens is 396 g/mol. The zero-order chi connectivity index (χ0) is 20.5. The smallest absolute Gasteiger partial charge is 0.322 e. The first-order valence-electron chi connectivity index (χ1n) is 10.5. The van der Waals surface area contributed by atoms with Gasteiger partial charge in [0.25, 0.3) is 0 Å². The number of urea groups is 1. The normalized spacial score (nSPS) is 19.1. The van der Waals surface area contributed by atoms with Crippen molar-refractivity contribution in [1.29, 1.82) is 0 Å². The second-order valence-electron chi connectivity index (χ2n) is 7.92. The molecule has 0 radical (unpaired) electrons. The fourth-order valence-electron chi connectivity index (χ4n) is 4.28. The highest BCUT2D eigenvalue weighted by atomic mass is 32.1. The Morgan fingerprint density at radius 3 is 2.70 bits per heavy atom. The molecule has 1 N–H and O–H groups in total. The minimum atomic E-state index is -0.0840. The topological polar surface area (TPSA) is 65.5 Å². The molecule has 3 heterocycles. The summed E-state index contributed by atoms with van der Waals surface area (Å²) in [5, 5.41) is 4.04. The van der Waals surface area contributed by atoms with Crippen LogP contribution < -0.4 is 5.32 Å². The molecule has 154 valence electrons. The highest BCUT2D eigenvalue weighted by molar-refractivity contribution is 7.18. The third-order valence-corrected chi connectivity index (χ3v) is 7.00. The van der Waals surface area contributed by atoms with Gasteiger partial charge in [0.1, 0.15) is 5.01 Å². The first-order valence-corrected chi connectivity index (χ1v) is 11.3. The standard InChI is InChI=1S/C23H24N4O2S/c28-21-8-4-13-26(21)15-16-9-11-17(12-10-16)24-23(29)27-14-3-6-19(27)22-25-18-5-1-2-7-20(18)30-22/h1-2,5,7,9-12,19H,3-4,6,8,13-15H2,(H,24,29). The van der Waals surface area contributed by atoms with Crippen LogP contribution in [0.25, 0.3) is 10.2 Å². The fraction of sp³-hybridized carbons (Fsp3) is 0.348. The molecule has 2 aromatic carbocycles. The van der Waals surface area contributed by atoms with Crippen molar-refractivity contribution in [1.82, 2.24) is 14.8 Å². The summed E-state index contributed by atoms with van der Waals surface area (Å²) in [6.07, 6.45) is 3.52. The fourth-order valence-corrected chi connectivity index (χ4v) is 5.39. The van der Waals surface area contributed by atoms with E-state index in [4.69, 9.17) is 4.98 Å². The van der Waals surface area contributed by atoms with E-state index in [1.165, 1.54) is 0 Å². The van der Waals surface area contributed by atoms with Crippen molar-refractivity contribution < 1.29 is 9.59 Å². The van der Waals surface area contributed by atoms with Gasteiger partial charge in [0.2, 0.25) is 5.91 Å². The molecule has 1 atom stereocenters. The number of nitrogens with one attached hydrogen (secondary N) is 1. The molecule has 0 saturated carbocycles. The molecule has 2 saturated heterocycles. The van der Waals surface area contributed by atoms with E-state index in [2.05, 4.69) is 11.4 Å².